The molecule has 6 unspecified atom stereocenters. The molecule has 3 aliphatic rings. The van der Waals surface area contributed by atoms with Crippen molar-refractivity contribution in [3.63, 3.8) is 0 Å². The molecule has 0 N–H and O–H groups in total. The smallest absolute Gasteiger partial charge is 0.113 e. The zero-order valence-corrected chi connectivity index (χ0v) is 21.0. The van der Waals surface area contributed by atoms with Crippen LogP contribution < -0.4 is 0 Å². The minimum atomic E-state index is -1.60. The maximum Gasteiger partial charge on any atom is 0.128 e. The molecule has 2 aromatic rings. The van der Waals surface area contributed by atoms with Gasteiger partial charge in [0, 0.05) is 16.9 Å². The Morgan fingerprint density at radius 3 is 1.57 bits per heavy atom. The average Bonchev–Trinajstić information content (AvgIpc) is 3.08. The Labute approximate surface area is 214 Å². The number of allylic oxidation sites excluding steroid dienone is 4. The molecule has 0 aliphatic heterocycles. The maximum absolute atomic E-state index is 7.50. The van der Waals surface area contributed by atoms with Gasteiger partial charge in [0.1, 0.15) is 19.5 Å². The van der Waals surface area contributed by atoms with E-state index in [0.717, 1.165) is 11.1 Å². The molecular formula is C22H12Cl8. The minimum Gasteiger partial charge on any atom is -0.113 e. The molecule has 0 spiro atoms. The van der Waals surface area contributed by atoms with Crippen LogP contribution in [-0.2, 0) is 0 Å². The van der Waals surface area contributed by atoms with Gasteiger partial charge in [-0.15, -0.1) is 46.4 Å². The molecule has 30 heavy (non-hydrogen) atoms. The van der Waals surface area contributed by atoms with Crippen LogP contribution in [0, 0.1) is 0 Å². The molecule has 0 aromatic heterocycles. The minimum absolute atomic E-state index is 0.135. The summed E-state index contributed by atoms with van der Waals surface area (Å²) in [7, 11) is 0. The van der Waals surface area contributed by atoms with Gasteiger partial charge in [-0.1, -0.05) is 107 Å². The van der Waals surface area contributed by atoms with Crippen LogP contribution in [0.4, 0.5) is 0 Å². The van der Waals surface area contributed by atoms with Crippen LogP contribution in [0.1, 0.15) is 23.0 Å². The number of halogens is 8. The molecule has 3 aliphatic carbocycles. The molecule has 2 bridgehead atoms. The summed E-state index contributed by atoms with van der Waals surface area (Å²) in [5.41, 5.74) is 1.61. The highest BCUT2D eigenvalue weighted by molar-refractivity contribution is 6.62. The molecule has 0 heterocycles. The molecule has 6 atom stereocenters. The van der Waals surface area contributed by atoms with Crippen LogP contribution in [0.3, 0.4) is 0 Å². The summed E-state index contributed by atoms with van der Waals surface area (Å²) in [5.74, 6) is -1.29. The van der Waals surface area contributed by atoms with E-state index in [1.807, 2.05) is 60.7 Å². The standard InChI is InChI=1S/C22H12Cl8/c23-14-13(11-7-3-1-4-8-11)21(29)19(27)15(12-9-5-2-6-10-12)20(28,18(26)17(19)25)22(21,30)16(14)24/h1-10,13,15H. The second-order valence-corrected chi connectivity index (χ2v) is 11.7. The second-order valence-electron chi connectivity index (χ2n) is 7.77. The Morgan fingerprint density at radius 1 is 0.567 bits per heavy atom. The first-order chi connectivity index (χ1) is 14.1. The number of benzene rings is 2. The van der Waals surface area contributed by atoms with Crippen molar-refractivity contribution in [3.8, 4) is 0 Å². The van der Waals surface area contributed by atoms with E-state index in [0.29, 0.717) is 0 Å². The number of fused-ring (bicyclic) bond motifs is 5. The number of hydrogen-bond donors (Lipinski definition) is 0. The van der Waals surface area contributed by atoms with E-state index < -0.39 is 31.3 Å². The summed E-state index contributed by atoms with van der Waals surface area (Å²) in [6.45, 7) is 0. The van der Waals surface area contributed by atoms with Crippen LogP contribution in [-0.4, -0.2) is 19.5 Å². The second kappa shape index (κ2) is 6.87. The summed E-state index contributed by atoms with van der Waals surface area (Å²) >= 11 is 56.7. The number of hydrogen-bond acceptors (Lipinski definition) is 0. The Balaban J connectivity index is 1.89. The lowest BCUT2D eigenvalue weighted by Crippen LogP contribution is -2.60. The Bertz CT molecular complexity index is 1110. The van der Waals surface area contributed by atoms with E-state index in [1.54, 1.807) is 0 Å². The highest BCUT2D eigenvalue weighted by atomic mass is 35.5. The molecule has 0 nitrogen and oxygen atoms in total. The fraction of sp³-hybridized carbons (Fsp3) is 0.273. The highest BCUT2D eigenvalue weighted by Gasteiger charge is 2.91. The SMILES string of the molecule is ClC1=C(Cl)C2(Cl)C3(Cl)C(Cl)=C(Cl)C(Cl)(C3c3ccccc3)C2(Cl)C1c1ccccc1. The molecule has 2 aromatic carbocycles. The monoisotopic (exact) mass is 556 g/mol. The third-order valence-electron chi connectivity index (χ3n) is 6.59. The van der Waals surface area contributed by atoms with Crippen LogP contribution in [0.15, 0.2) is 80.8 Å². The number of rotatable bonds is 2. The average molecular weight is 560 g/mol. The molecule has 156 valence electrons. The van der Waals surface area contributed by atoms with E-state index in [2.05, 4.69) is 0 Å². The van der Waals surface area contributed by atoms with E-state index >= 15 is 0 Å². The zero-order chi connectivity index (χ0) is 21.7. The summed E-state index contributed by atoms with van der Waals surface area (Å²) in [5, 5.41) is 0.718. The van der Waals surface area contributed by atoms with Crippen LogP contribution in [0.2, 0.25) is 0 Å². The van der Waals surface area contributed by atoms with Gasteiger partial charge in [-0.05, 0) is 11.1 Å². The lowest BCUT2D eigenvalue weighted by Gasteiger charge is -2.48. The quantitative estimate of drug-likeness (QED) is 0.322. The number of alkyl halides is 4. The van der Waals surface area contributed by atoms with Crippen molar-refractivity contribution >= 4 is 92.8 Å². The molecule has 0 saturated heterocycles. The third kappa shape index (κ3) is 2.13. The fourth-order valence-electron chi connectivity index (χ4n) is 5.40. The lowest BCUT2D eigenvalue weighted by molar-refractivity contribution is 0.435. The van der Waals surface area contributed by atoms with Crippen molar-refractivity contribution < 1.29 is 0 Å². The Hall–Kier alpha value is 0.240. The van der Waals surface area contributed by atoms with Gasteiger partial charge >= 0.3 is 0 Å². The molecule has 0 amide bonds. The van der Waals surface area contributed by atoms with Crippen molar-refractivity contribution in [2.75, 3.05) is 0 Å². The van der Waals surface area contributed by atoms with Gasteiger partial charge in [0.25, 0.3) is 0 Å². The Kier molecular flexibility index (Phi) is 5.05. The van der Waals surface area contributed by atoms with Gasteiger partial charge in [-0.3, -0.25) is 0 Å². The van der Waals surface area contributed by atoms with Crippen molar-refractivity contribution in [2.45, 2.75) is 31.3 Å². The van der Waals surface area contributed by atoms with Crippen LogP contribution >= 0.6 is 92.8 Å². The van der Waals surface area contributed by atoms with E-state index in [9.17, 15) is 0 Å². The highest BCUT2D eigenvalue weighted by Crippen LogP contribution is 2.86. The van der Waals surface area contributed by atoms with Gasteiger partial charge in [0.2, 0.25) is 0 Å². The predicted octanol–water partition coefficient (Wildman–Crippen LogP) is 8.88. The van der Waals surface area contributed by atoms with Gasteiger partial charge in [-0.25, -0.2) is 0 Å². The van der Waals surface area contributed by atoms with E-state index in [-0.39, 0.29) is 20.1 Å². The van der Waals surface area contributed by atoms with Crippen molar-refractivity contribution in [3.05, 3.63) is 91.9 Å². The van der Waals surface area contributed by atoms with E-state index in [4.69, 9.17) is 92.8 Å². The van der Waals surface area contributed by atoms with Crippen LogP contribution in [0.5, 0.6) is 0 Å². The van der Waals surface area contributed by atoms with Crippen molar-refractivity contribution in [1.29, 1.82) is 0 Å². The summed E-state index contributed by atoms with van der Waals surface area (Å²) < 4.78 is 0. The molecule has 5 rings (SSSR count). The molecule has 0 radical (unpaired) electrons. The third-order valence-corrected chi connectivity index (χ3v) is 12.2. The van der Waals surface area contributed by atoms with Crippen molar-refractivity contribution in [1.82, 2.24) is 0 Å². The molecule has 8 heteroatoms. The molecule has 1 saturated carbocycles. The topological polar surface area (TPSA) is 0 Å². The summed E-state index contributed by atoms with van der Waals surface area (Å²) in [6.07, 6.45) is 0. The first-order valence-corrected chi connectivity index (χ1v) is 12.1. The van der Waals surface area contributed by atoms with Crippen LogP contribution in [0.25, 0.3) is 0 Å². The van der Waals surface area contributed by atoms with Gasteiger partial charge in [-0.2, -0.15) is 0 Å². The predicted molar refractivity (Wildman–Crippen MR) is 130 cm³/mol. The molecule has 1 fully saturated rings. The van der Waals surface area contributed by atoms with Gasteiger partial charge < -0.3 is 0 Å². The van der Waals surface area contributed by atoms with E-state index in [1.165, 1.54) is 0 Å². The Morgan fingerprint density at radius 2 is 1.03 bits per heavy atom. The van der Waals surface area contributed by atoms with Crippen molar-refractivity contribution in [2.24, 2.45) is 0 Å². The first kappa shape index (κ1) is 22.1. The normalized spacial score (nSPS) is 42.3. The fourth-order valence-corrected chi connectivity index (χ4v) is 10.1. The first-order valence-electron chi connectivity index (χ1n) is 9.07. The molecular weight excluding hydrogens is 548 g/mol. The largest absolute Gasteiger partial charge is 0.128 e. The maximum atomic E-state index is 7.50. The lowest BCUT2D eigenvalue weighted by atomic mass is 9.74. The zero-order valence-electron chi connectivity index (χ0n) is 15.0. The van der Waals surface area contributed by atoms with Gasteiger partial charge in [0.05, 0.1) is 15.1 Å². The van der Waals surface area contributed by atoms with Gasteiger partial charge in [0.15, 0.2) is 0 Å². The summed E-state index contributed by atoms with van der Waals surface area (Å²) in [6, 6.07) is 18.9. The summed E-state index contributed by atoms with van der Waals surface area (Å²) in [4.78, 5) is -6.05.